The normalized spacial score (nSPS) is 14.3. The van der Waals surface area contributed by atoms with Gasteiger partial charge in [-0.05, 0) is 6.42 Å². The van der Waals surface area contributed by atoms with Gasteiger partial charge in [0.25, 0.3) is 0 Å². The molecule has 0 aliphatic heterocycles. The van der Waals surface area contributed by atoms with Crippen LogP contribution in [0.3, 0.4) is 0 Å². The van der Waals surface area contributed by atoms with Gasteiger partial charge >= 0.3 is 5.97 Å². The first-order chi connectivity index (χ1) is 6.97. The number of carboxylic acids is 1. The molecule has 0 aromatic carbocycles. The molecule has 0 bridgehead atoms. The van der Waals surface area contributed by atoms with E-state index in [1.165, 1.54) is 0 Å². The maximum absolute atomic E-state index is 11.5. The van der Waals surface area contributed by atoms with E-state index in [0.29, 0.717) is 18.6 Å². The topological polar surface area (TPSA) is 83.5 Å². The van der Waals surface area contributed by atoms with Gasteiger partial charge in [-0.15, -0.1) is 0 Å². The van der Waals surface area contributed by atoms with Crippen LogP contribution in [0.2, 0.25) is 0 Å². The Kier molecular flexibility index (Phi) is 6.94. The Hall–Kier alpha value is -0.910. The minimum Gasteiger partial charge on any atom is -0.481 e. The molecular weight excluding hydrogens is 218 g/mol. The molecule has 2 N–H and O–H groups in total. The second-order valence-corrected chi connectivity index (χ2v) is 5.24. The van der Waals surface area contributed by atoms with Crippen molar-refractivity contribution in [2.24, 2.45) is 0 Å². The van der Waals surface area contributed by atoms with Gasteiger partial charge in [0.1, 0.15) is 0 Å². The zero-order valence-corrected chi connectivity index (χ0v) is 9.80. The summed E-state index contributed by atoms with van der Waals surface area (Å²) in [6, 6.07) is 0. The van der Waals surface area contributed by atoms with Crippen molar-refractivity contribution < 1.29 is 18.9 Å². The molecular formula is C9H17NO4S. The highest BCUT2D eigenvalue weighted by molar-refractivity contribution is 7.85. The van der Waals surface area contributed by atoms with E-state index >= 15 is 0 Å². The molecule has 6 heteroatoms. The smallest absolute Gasteiger partial charge is 0.304 e. The third-order valence-electron chi connectivity index (χ3n) is 1.94. The molecule has 0 radical (unpaired) electrons. The molecule has 2 unspecified atom stereocenters. The molecule has 5 nitrogen and oxygen atoms in total. The van der Waals surface area contributed by atoms with Crippen molar-refractivity contribution in [2.75, 3.05) is 12.8 Å². The number of carboxylic acid groups (broad SMARTS) is 1. The lowest BCUT2D eigenvalue weighted by Gasteiger charge is -2.08. The minimum absolute atomic E-state index is 0.0853. The molecule has 0 aromatic rings. The summed E-state index contributed by atoms with van der Waals surface area (Å²) in [5.74, 6) is -0.651. The molecule has 0 aliphatic rings. The van der Waals surface area contributed by atoms with E-state index in [2.05, 4.69) is 5.32 Å². The number of carbonyl (C=O) groups excluding carboxylic acids is 1. The van der Waals surface area contributed by atoms with E-state index in [0.717, 1.165) is 0 Å². The van der Waals surface area contributed by atoms with Gasteiger partial charge in [0.05, 0.1) is 6.42 Å². The van der Waals surface area contributed by atoms with Crippen molar-refractivity contribution in [1.82, 2.24) is 5.32 Å². The van der Waals surface area contributed by atoms with E-state index in [9.17, 15) is 13.8 Å². The second kappa shape index (κ2) is 7.39. The fraction of sp³-hybridized carbons (Fsp3) is 0.778. The number of rotatable bonds is 7. The SMILES string of the molecule is CNC(=O)CCCS(=O)C(C)CC(=O)O. The first-order valence-corrected chi connectivity index (χ1v) is 6.15. The minimum atomic E-state index is -1.16. The van der Waals surface area contributed by atoms with Gasteiger partial charge in [-0.1, -0.05) is 6.92 Å². The monoisotopic (exact) mass is 235 g/mol. The van der Waals surface area contributed by atoms with E-state index in [-0.39, 0.29) is 17.6 Å². The van der Waals surface area contributed by atoms with Gasteiger partial charge in [0.2, 0.25) is 5.91 Å². The number of amides is 1. The molecule has 0 heterocycles. The van der Waals surface area contributed by atoms with Crippen molar-refractivity contribution in [3.8, 4) is 0 Å². The number of hydrogen-bond acceptors (Lipinski definition) is 3. The number of nitrogens with one attached hydrogen (secondary N) is 1. The number of aliphatic carboxylic acids is 1. The van der Waals surface area contributed by atoms with Crippen LogP contribution in [-0.2, 0) is 20.4 Å². The van der Waals surface area contributed by atoms with Crippen LogP contribution in [0.5, 0.6) is 0 Å². The van der Waals surface area contributed by atoms with Crippen LogP contribution < -0.4 is 5.32 Å². The highest BCUT2D eigenvalue weighted by Crippen LogP contribution is 2.04. The Bertz CT molecular complexity index is 254. The van der Waals surface area contributed by atoms with Crippen molar-refractivity contribution in [1.29, 1.82) is 0 Å². The lowest BCUT2D eigenvalue weighted by atomic mass is 10.3. The largest absolute Gasteiger partial charge is 0.481 e. The van der Waals surface area contributed by atoms with E-state index in [4.69, 9.17) is 5.11 Å². The molecule has 0 rings (SSSR count). The Morgan fingerprint density at radius 3 is 2.53 bits per heavy atom. The van der Waals surface area contributed by atoms with Crippen molar-refractivity contribution in [3.63, 3.8) is 0 Å². The quantitative estimate of drug-likeness (QED) is 0.656. The fourth-order valence-corrected chi connectivity index (χ4v) is 2.20. The first-order valence-electron chi connectivity index (χ1n) is 4.77. The van der Waals surface area contributed by atoms with Gasteiger partial charge in [-0.2, -0.15) is 0 Å². The summed E-state index contributed by atoms with van der Waals surface area (Å²) in [7, 11) is 0.383. The van der Waals surface area contributed by atoms with Gasteiger partial charge in [0, 0.05) is 35.3 Å². The van der Waals surface area contributed by atoms with Gasteiger partial charge in [-0.3, -0.25) is 13.8 Å². The molecule has 0 aliphatic carbocycles. The van der Waals surface area contributed by atoms with Gasteiger partial charge in [-0.25, -0.2) is 0 Å². The summed E-state index contributed by atoms with van der Waals surface area (Å²) in [6.07, 6.45) is 0.769. The summed E-state index contributed by atoms with van der Waals surface area (Å²) in [4.78, 5) is 21.2. The second-order valence-electron chi connectivity index (χ2n) is 3.27. The molecule has 0 fully saturated rings. The van der Waals surface area contributed by atoms with Crippen molar-refractivity contribution in [3.05, 3.63) is 0 Å². The average molecular weight is 235 g/mol. The summed E-state index contributed by atoms with van der Waals surface area (Å²) < 4.78 is 11.5. The molecule has 0 spiro atoms. The third kappa shape index (κ3) is 7.07. The van der Waals surface area contributed by atoms with E-state index in [1.54, 1.807) is 14.0 Å². The standard InChI is InChI=1S/C9H17NO4S/c1-7(6-9(12)13)15(14)5-3-4-8(11)10-2/h7H,3-6H2,1-2H3,(H,10,11)(H,12,13). The summed E-state index contributed by atoms with van der Waals surface area (Å²) in [6.45, 7) is 1.64. The molecule has 0 saturated heterocycles. The number of carbonyl (C=O) groups is 2. The lowest BCUT2D eigenvalue weighted by Crippen LogP contribution is -2.21. The maximum Gasteiger partial charge on any atom is 0.304 e. The average Bonchev–Trinajstić information content (AvgIpc) is 2.16. The van der Waals surface area contributed by atoms with Crippen LogP contribution in [0.25, 0.3) is 0 Å². The molecule has 88 valence electrons. The van der Waals surface area contributed by atoms with Gasteiger partial charge < -0.3 is 10.4 Å². The van der Waals surface area contributed by atoms with E-state index < -0.39 is 16.8 Å². The summed E-state index contributed by atoms with van der Waals surface area (Å²) >= 11 is 0. The summed E-state index contributed by atoms with van der Waals surface area (Å²) in [5, 5.41) is 10.6. The van der Waals surface area contributed by atoms with Crippen molar-refractivity contribution >= 4 is 22.7 Å². The molecule has 2 atom stereocenters. The van der Waals surface area contributed by atoms with Crippen LogP contribution in [0, 0.1) is 0 Å². The molecule has 1 amide bonds. The zero-order valence-electron chi connectivity index (χ0n) is 8.99. The highest BCUT2D eigenvalue weighted by Gasteiger charge is 2.14. The fourth-order valence-electron chi connectivity index (χ4n) is 1.04. The number of hydrogen-bond donors (Lipinski definition) is 2. The first kappa shape index (κ1) is 14.1. The van der Waals surface area contributed by atoms with Crippen molar-refractivity contribution in [2.45, 2.75) is 31.4 Å². The van der Waals surface area contributed by atoms with Crippen LogP contribution in [0.4, 0.5) is 0 Å². The Morgan fingerprint density at radius 2 is 2.07 bits per heavy atom. The van der Waals surface area contributed by atoms with E-state index in [1.807, 2.05) is 0 Å². The molecule has 0 aromatic heterocycles. The summed E-state index contributed by atoms with van der Waals surface area (Å²) in [5.41, 5.74) is 0. The Morgan fingerprint density at radius 1 is 1.47 bits per heavy atom. The maximum atomic E-state index is 11.5. The Balaban J connectivity index is 3.73. The Labute approximate surface area is 91.7 Å². The molecule has 15 heavy (non-hydrogen) atoms. The van der Waals surface area contributed by atoms with Gasteiger partial charge in [0.15, 0.2) is 0 Å². The van der Waals surface area contributed by atoms with Crippen LogP contribution in [0.1, 0.15) is 26.2 Å². The predicted octanol–water partition coefficient (Wildman–Crippen LogP) is 0.124. The van der Waals surface area contributed by atoms with Crippen LogP contribution >= 0.6 is 0 Å². The zero-order chi connectivity index (χ0) is 11.8. The van der Waals surface area contributed by atoms with Crippen LogP contribution in [0.15, 0.2) is 0 Å². The predicted molar refractivity (Wildman–Crippen MR) is 58.0 cm³/mol. The lowest BCUT2D eigenvalue weighted by molar-refractivity contribution is -0.136. The highest BCUT2D eigenvalue weighted by atomic mass is 32.2. The van der Waals surface area contributed by atoms with Crippen LogP contribution in [-0.4, -0.2) is 39.2 Å². The third-order valence-corrected chi connectivity index (χ3v) is 3.69. The molecule has 0 saturated carbocycles.